The largest absolute Gasteiger partial charge is 0.496 e. The first-order valence-electron chi connectivity index (χ1n) is 8.98. The predicted octanol–water partition coefficient (Wildman–Crippen LogP) is 2.46. The Morgan fingerprint density at radius 1 is 1.22 bits per heavy atom. The standard InChI is InChI=1S/C21H24N2O4/c1-14(20(24)22-12-15-6-8-16(9-7-15)21(25)26)23-11-10-18-17(13-23)4-3-5-19(18)27-2/h3-9,14H,10-13H2,1-2H3,(H,22,24)(H,25,26). The Bertz CT molecular complexity index is 833. The molecule has 3 rings (SSSR count). The number of ether oxygens (including phenoxy) is 1. The zero-order valence-corrected chi connectivity index (χ0v) is 15.6. The average Bonchev–Trinajstić information content (AvgIpc) is 2.70. The van der Waals surface area contributed by atoms with Crippen molar-refractivity contribution < 1.29 is 19.4 Å². The molecule has 2 aromatic carbocycles. The van der Waals surface area contributed by atoms with Gasteiger partial charge in [0.1, 0.15) is 5.75 Å². The van der Waals surface area contributed by atoms with Gasteiger partial charge in [0.2, 0.25) is 5.91 Å². The van der Waals surface area contributed by atoms with Crippen LogP contribution in [0.25, 0.3) is 0 Å². The summed E-state index contributed by atoms with van der Waals surface area (Å²) in [6.07, 6.45) is 0.855. The lowest BCUT2D eigenvalue weighted by molar-refractivity contribution is -0.126. The van der Waals surface area contributed by atoms with E-state index in [-0.39, 0.29) is 17.5 Å². The highest BCUT2D eigenvalue weighted by atomic mass is 16.5. The first-order chi connectivity index (χ1) is 13.0. The molecule has 1 atom stereocenters. The molecule has 1 unspecified atom stereocenters. The molecule has 0 saturated carbocycles. The number of fused-ring (bicyclic) bond motifs is 1. The van der Waals surface area contributed by atoms with Gasteiger partial charge in [0, 0.05) is 19.6 Å². The number of nitrogens with one attached hydrogen (secondary N) is 1. The lowest BCUT2D eigenvalue weighted by Crippen LogP contribution is -2.46. The van der Waals surface area contributed by atoms with Crippen LogP contribution in [0.4, 0.5) is 0 Å². The number of aromatic carboxylic acids is 1. The van der Waals surface area contributed by atoms with Gasteiger partial charge >= 0.3 is 5.97 Å². The van der Waals surface area contributed by atoms with Gasteiger partial charge in [-0.15, -0.1) is 0 Å². The molecule has 2 aromatic rings. The van der Waals surface area contributed by atoms with Crippen LogP contribution in [0.3, 0.4) is 0 Å². The number of carbonyl (C=O) groups is 2. The van der Waals surface area contributed by atoms with Crippen LogP contribution in [0.2, 0.25) is 0 Å². The van der Waals surface area contributed by atoms with Gasteiger partial charge in [-0.2, -0.15) is 0 Å². The molecule has 0 aliphatic carbocycles. The number of amides is 1. The van der Waals surface area contributed by atoms with Gasteiger partial charge in [0.05, 0.1) is 18.7 Å². The van der Waals surface area contributed by atoms with Crippen molar-refractivity contribution in [1.82, 2.24) is 10.2 Å². The molecule has 27 heavy (non-hydrogen) atoms. The quantitative estimate of drug-likeness (QED) is 0.819. The molecule has 0 fully saturated rings. The van der Waals surface area contributed by atoms with Crippen LogP contribution >= 0.6 is 0 Å². The monoisotopic (exact) mass is 368 g/mol. The highest BCUT2D eigenvalue weighted by Gasteiger charge is 2.26. The number of nitrogens with zero attached hydrogens (tertiary/aromatic N) is 1. The summed E-state index contributed by atoms with van der Waals surface area (Å²) in [6.45, 7) is 3.80. The van der Waals surface area contributed by atoms with E-state index < -0.39 is 5.97 Å². The van der Waals surface area contributed by atoms with Crippen molar-refractivity contribution in [1.29, 1.82) is 0 Å². The fourth-order valence-electron chi connectivity index (χ4n) is 3.39. The second-order valence-electron chi connectivity index (χ2n) is 6.71. The predicted molar refractivity (Wildman–Crippen MR) is 102 cm³/mol. The topological polar surface area (TPSA) is 78.9 Å². The fourth-order valence-corrected chi connectivity index (χ4v) is 3.39. The third kappa shape index (κ3) is 4.28. The zero-order valence-electron chi connectivity index (χ0n) is 15.6. The van der Waals surface area contributed by atoms with Gasteiger partial charge in [-0.25, -0.2) is 4.79 Å². The molecular formula is C21H24N2O4. The molecule has 0 bridgehead atoms. The van der Waals surface area contributed by atoms with E-state index >= 15 is 0 Å². The van der Waals surface area contributed by atoms with Crippen molar-refractivity contribution in [3.63, 3.8) is 0 Å². The summed E-state index contributed by atoms with van der Waals surface area (Å²) >= 11 is 0. The minimum atomic E-state index is -0.957. The van der Waals surface area contributed by atoms with Gasteiger partial charge in [0.15, 0.2) is 0 Å². The third-order valence-electron chi connectivity index (χ3n) is 5.07. The Kier molecular flexibility index (Phi) is 5.76. The molecular weight excluding hydrogens is 344 g/mol. The van der Waals surface area contributed by atoms with Crippen LogP contribution in [0.1, 0.15) is 34.0 Å². The molecule has 6 nitrogen and oxygen atoms in total. The summed E-state index contributed by atoms with van der Waals surface area (Å²) < 4.78 is 5.43. The maximum Gasteiger partial charge on any atom is 0.335 e. The van der Waals surface area contributed by atoms with Crippen LogP contribution in [0.5, 0.6) is 5.75 Å². The Labute approximate surface area is 158 Å². The van der Waals surface area contributed by atoms with Gasteiger partial charge in [-0.05, 0) is 48.2 Å². The van der Waals surface area contributed by atoms with Crippen LogP contribution in [0.15, 0.2) is 42.5 Å². The summed E-state index contributed by atoms with van der Waals surface area (Å²) in [4.78, 5) is 25.6. The Hall–Kier alpha value is -2.86. The SMILES string of the molecule is COc1cccc2c1CCN(C(C)C(=O)NCc1ccc(C(=O)O)cc1)C2. The summed E-state index contributed by atoms with van der Waals surface area (Å²) in [6, 6.07) is 12.3. The third-order valence-corrected chi connectivity index (χ3v) is 5.07. The Balaban J connectivity index is 1.58. The van der Waals surface area contributed by atoms with E-state index in [9.17, 15) is 9.59 Å². The zero-order chi connectivity index (χ0) is 19.4. The summed E-state index contributed by atoms with van der Waals surface area (Å²) in [5.41, 5.74) is 3.53. The number of rotatable bonds is 6. The molecule has 1 amide bonds. The molecule has 0 saturated heterocycles. The molecule has 1 aliphatic heterocycles. The van der Waals surface area contributed by atoms with Gasteiger partial charge in [-0.3, -0.25) is 9.69 Å². The van der Waals surface area contributed by atoms with E-state index in [0.717, 1.165) is 24.3 Å². The van der Waals surface area contributed by atoms with Crippen LogP contribution < -0.4 is 10.1 Å². The van der Waals surface area contributed by atoms with Crippen molar-refractivity contribution in [2.24, 2.45) is 0 Å². The Morgan fingerprint density at radius 3 is 2.63 bits per heavy atom. The molecule has 0 spiro atoms. The number of methoxy groups -OCH3 is 1. The minimum absolute atomic E-state index is 0.0383. The van der Waals surface area contributed by atoms with Crippen molar-refractivity contribution in [2.45, 2.75) is 32.5 Å². The van der Waals surface area contributed by atoms with Gasteiger partial charge in [-0.1, -0.05) is 24.3 Å². The maximum absolute atomic E-state index is 12.6. The normalized spacial score (nSPS) is 14.9. The van der Waals surface area contributed by atoms with Crippen LogP contribution in [-0.2, 0) is 24.3 Å². The maximum atomic E-state index is 12.6. The molecule has 1 heterocycles. The number of carboxylic acids is 1. The molecule has 0 aromatic heterocycles. The number of carboxylic acid groups (broad SMARTS) is 1. The number of hydrogen-bond donors (Lipinski definition) is 2. The molecule has 1 aliphatic rings. The van der Waals surface area contributed by atoms with Crippen molar-refractivity contribution >= 4 is 11.9 Å². The molecule has 0 radical (unpaired) electrons. The second kappa shape index (κ2) is 8.22. The van der Waals surface area contributed by atoms with E-state index in [1.165, 1.54) is 11.1 Å². The number of hydrogen-bond acceptors (Lipinski definition) is 4. The van der Waals surface area contributed by atoms with Crippen molar-refractivity contribution in [2.75, 3.05) is 13.7 Å². The number of carbonyl (C=O) groups excluding carboxylic acids is 1. The smallest absolute Gasteiger partial charge is 0.335 e. The van der Waals surface area contributed by atoms with E-state index in [4.69, 9.17) is 9.84 Å². The fraction of sp³-hybridized carbons (Fsp3) is 0.333. The van der Waals surface area contributed by atoms with Crippen LogP contribution in [-0.4, -0.2) is 41.6 Å². The van der Waals surface area contributed by atoms with E-state index in [1.54, 1.807) is 31.4 Å². The van der Waals surface area contributed by atoms with Crippen LogP contribution in [0, 0.1) is 0 Å². The second-order valence-corrected chi connectivity index (χ2v) is 6.71. The summed E-state index contributed by atoms with van der Waals surface area (Å²) in [5, 5.41) is 11.9. The summed E-state index contributed by atoms with van der Waals surface area (Å²) in [7, 11) is 1.68. The molecule has 6 heteroatoms. The highest BCUT2D eigenvalue weighted by molar-refractivity contribution is 5.87. The highest BCUT2D eigenvalue weighted by Crippen LogP contribution is 2.28. The van der Waals surface area contributed by atoms with E-state index in [0.29, 0.717) is 13.1 Å². The van der Waals surface area contributed by atoms with Crippen molar-refractivity contribution in [3.8, 4) is 5.75 Å². The van der Waals surface area contributed by atoms with Gasteiger partial charge in [0.25, 0.3) is 0 Å². The first kappa shape index (κ1) is 18.9. The molecule has 142 valence electrons. The lowest BCUT2D eigenvalue weighted by atomic mass is 9.97. The first-order valence-corrected chi connectivity index (χ1v) is 8.98. The lowest BCUT2D eigenvalue weighted by Gasteiger charge is -2.33. The van der Waals surface area contributed by atoms with Gasteiger partial charge < -0.3 is 15.2 Å². The average molecular weight is 368 g/mol. The Morgan fingerprint density at radius 2 is 1.96 bits per heavy atom. The van der Waals surface area contributed by atoms with Crippen molar-refractivity contribution in [3.05, 3.63) is 64.7 Å². The van der Waals surface area contributed by atoms with E-state index in [2.05, 4.69) is 16.3 Å². The van der Waals surface area contributed by atoms with E-state index in [1.807, 2.05) is 19.1 Å². The molecule has 2 N–H and O–H groups in total. The number of benzene rings is 2. The summed E-state index contributed by atoms with van der Waals surface area (Å²) in [5.74, 6) is -0.0843. The minimum Gasteiger partial charge on any atom is -0.496 e.